The number of piperazine rings is 1. The van der Waals surface area contributed by atoms with Crippen LogP contribution in [0.2, 0.25) is 5.02 Å². The summed E-state index contributed by atoms with van der Waals surface area (Å²) >= 11 is 5.91. The molecule has 2 bridgehead atoms. The van der Waals surface area contributed by atoms with E-state index in [0.29, 0.717) is 23.5 Å². The number of amides is 1. The van der Waals surface area contributed by atoms with Gasteiger partial charge in [-0.05, 0) is 56.1 Å². The van der Waals surface area contributed by atoms with Crippen molar-refractivity contribution < 1.29 is 4.79 Å². The molecule has 3 fully saturated rings. The van der Waals surface area contributed by atoms with Gasteiger partial charge in [-0.2, -0.15) is 0 Å². The number of nitrogens with one attached hydrogen (secondary N) is 1. The molecule has 1 amide bonds. The van der Waals surface area contributed by atoms with Crippen molar-refractivity contribution in [1.82, 2.24) is 15.2 Å². The summed E-state index contributed by atoms with van der Waals surface area (Å²) in [5.74, 6) is 3.62. The van der Waals surface area contributed by atoms with Crippen LogP contribution in [-0.4, -0.2) is 54.6 Å². The fraction of sp³-hybridized carbons (Fsp3) is 0.700. The highest BCUT2D eigenvalue weighted by Crippen LogP contribution is 2.49. The third-order valence-electron chi connectivity index (χ3n) is 6.60. The maximum absolute atomic E-state index is 12.5. The summed E-state index contributed by atoms with van der Waals surface area (Å²) in [5.41, 5.74) is 0. The zero-order valence-electron chi connectivity index (χ0n) is 15.5. The molecule has 0 spiro atoms. The number of pyridine rings is 1. The molecule has 3 aliphatic rings. The van der Waals surface area contributed by atoms with E-state index in [9.17, 15) is 4.79 Å². The van der Waals surface area contributed by atoms with Crippen LogP contribution in [0.5, 0.6) is 0 Å². The lowest BCUT2D eigenvalue weighted by Gasteiger charge is -2.35. The van der Waals surface area contributed by atoms with Crippen molar-refractivity contribution in [2.24, 2.45) is 17.8 Å². The number of hydrogen-bond acceptors (Lipinski definition) is 4. The van der Waals surface area contributed by atoms with E-state index in [1.807, 2.05) is 12.1 Å². The van der Waals surface area contributed by atoms with Gasteiger partial charge in [-0.3, -0.25) is 9.69 Å². The number of aromatic nitrogens is 1. The Balaban J connectivity index is 1.21. The highest BCUT2D eigenvalue weighted by Gasteiger charge is 2.42. The zero-order valence-corrected chi connectivity index (χ0v) is 16.3. The number of halogens is 1. The molecule has 1 aromatic rings. The van der Waals surface area contributed by atoms with Crippen molar-refractivity contribution in [3.05, 3.63) is 23.4 Å². The molecule has 6 heteroatoms. The second-order valence-electron chi connectivity index (χ2n) is 8.29. The van der Waals surface area contributed by atoms with Crippen LogP contribution in [0.3, 0.4) is 0 Å². The van der Waals surface area contributed by atoms with Crippen LogP contribution in [0.1, 0.15) is 32.6 Å². The van der Waals surface area contributed by atoms with Gasteiger partial charge in [0.2, 0.25) is 5.91 Å². The molecule has 0 unspecified atom stereocenters. The Morgan fingerprint density at radius 1 is 1.27 bits per heavy atom. The molecule has 0 aromatic carbocycles. The van der Waals surface area contributed by atoms with Gasteiger partial charge in [-0.15, -0.1) is 0 Å². The molecular formula is C20H29ClN4O. The molecule has 1 aliphatic heterocycles. The summed E-state index contributed by atoms with van der Waals surface area (Å²) in [6.45, 7) is 6.27. The van der Waals surface area contributed by atoms with Crippen molar-refractivity contribution in [3.8, 4) is 0 Å². The van der Waals surface area contributed by atoms with Gasteiger partial charge in [0.15, 0.2) is 0 Å². The standard InChI is InChI=1S/C20H29ClN4O/c1-14(18-11-15-2-3-16(18)10-15)23-20(26)13-24-6-8-25(9-7-24)19-5-4-17(21)12-22-19/h4-5,12,14-16,18H,2-3,6-11,13H2,1H3,(H,23,26)/t14-,15+,16+,18+/m1/s1. The Bertz CT molecular complexity index is 629. The number of hydrogen-bond donors (Lipinski definition) is 1. The Morgan fingerprint density at radius 2 is 2.08 bits per heavy atom. The number of carbonyl (C=O) groups is 1. The van der Waals surface area contributed by atoms with E-state index in [2.05, 4.69) is 27.0 Å². The number of fused-ring (bicyclic) bond motifs is 2. The molecule has 1 saturated heterocycles. The average molecular weight is 377 g/mol. The van der Waals surface area contributed by atoms with Gasteiger partial charge >= 0.3 is 0 Å². The van der Waals surface area contributed by atoms with E-state index in [0.717, 1.165) is 43.8 Å². The van der Waals surface area contributed by atoms with Gasteiger partial charge in [0.1, 0.15) is 5.82 Å². The van der Waals surface area contributed by atoms with Crippen LogP contribution >= 0.6 is 11.6 Å². The van der Waals surface area contributed by atoms with Crippen molar-refractivity contribution in [1.29, 1.82) is 0 Å². The number of carbonyl (C=O) groups excluding carboxylic acids is 1. The van der Waals surface area contributed by atoms with Crippen LogP contribution in [0, 0.1) is 17.8 Å². The van der Waals surface area contributed by atoms with Gasteiger partial charge in [0.05, 0.1) is 11.6 Å². The first-order valence-electron chi connectivity index (χ1n) is 9.96. The summed E-state index contributed by atoms with van der Waals surface area (Å²) < 4.78 is 0. The molecule has 1 N–H and O–H groups in total. The lowest BCUT2D eigenvalue weighted by molar-refractivity contribution is -0.123. The summed E-state index contributed by atoms with van der Waals surface area (Å²) in [6, 6.07) is 4.15. The Morgan fingerprint density at radius 3 is 2.69 bits per heavy atom. The second-order valence-corrected chi connectivity index (χ2v) is 8.73. The minimum atomic E-state index is 0.179. The van der Waals surface area contributed by atoms with Crippen molar-refractivity contribution in [2.75, 3.05) is 37.6 Å². The summed E-state index contributed by atoms with van der Waals surface area (Å²) in [7, 11) is 0. The molecule has 2 aliphatic carbocycles. The SMILES string of the molecule is C[C@@H](NC(=O)CN1CCN(c2ccc(Cl)cn2)CC1)[C@@H]1C[C@H]2CC[C@H]1C2. The van der Waals surface area contributed by atoms with E-state index in [4.69, 9.17) is 11.6 Å². The molecule has 4 rings (SSSR count). The van der Waals surface area contributed by atoms with E-state index in [-0.39, 0.29) is 5.91 Å². The topological polar surface area (TPSA) is 48.5 Å². The smallest absolute Gasteiger partial charge is 0.234 e. The molecule has 1 aromatic heterocycles. The van der Waals surface area contributed by atoms with Gasteiger partial charge in [-0.1, -0.05) is 18.0 Å². The van der Waals surface area contributed by atoms with Gasteiger partial charge in [0, 0.05) is 38.4 Å². The van der Waals surface area contributed by atoms with Crippen LogP contribution < -0.4 is 10.2 Å². The predicted molar refractivity (Wildman–Crippen MR) is 104 cm³/mol. The lowest BCUT2D eigenvalue weighted by Crippen LogP contribution is -2.51. The van der Waals surface area contributed by atoms with Crippen LogP contribution in [-0.2, 0) is 4.79 Å². The first-order valence-corrected chi connectivity index (χ1v) is 10.3. The number of nitrogens with zero attached hydrogens (tertiary/aromatic N) is 3. The normalized spacial score (nSPS) is 29.8. The highest BCUT2D eigenvalue weighted by molar-refractivity contribution is 6.30. The zero-order chi connectivity index (χ0) is 18.1. The average Bonchev–Trinajstić information content (AvgIpc) is 3.26. The maximum atomic E-state index is 12.5. The van der Waals surface area contributed by atoms with E-state index < -0.39 is 0 Å². The molecule has 2 heterocycles. The van der Waals surface area contributed by atoms with E-state index in [1.54, 1.807) is 6.20 Å². The molecule has 142 valence electrons. The van der Waals surface area contributed by atoms with Crippen LogP contribution in [0.25, 0.3) is 0 Å². The fourth-order valence-corrected chi connectivity index (χ4v) is 5.32. The predicted octanol–water partition coefficient (Wildman–Crippen LogP) is 2.80. The van der Waals surface area contributed by atoms with Gasteiger partial charge in [-0.25, -0.2) is 4.98 Å². The third kappa shape index (κ3) is 3.99. The molecule has 5 nitrogen and oxygen atoms in total. The maximum Gasteiger partial charge on any atom is 0.234 e. The van der Waals surface area contributed by atoms with Gasteiger partial charge < -0.3 is 10.2 Å². The molecule has 4 atom stereocenters. The second kappa shape index (κ2) is 7.73. The van der Waals surface area contributed by atoms with E-state index in [1.165, 1.54) is 25.7 Å². The Labute approximate surface area is 161 Å². The summed E-state index contributed by atoms with van der Waals surface area (Å²) in [6.07, 6.45) is 7.18. The fourth-order valence-electron chi connectivity index (χ4n) is 5.21. The number of rotatable bonds is 5. The number of anilines is 1. The minimum absolute atomic E-state index is 0.179. The Hall–Kier alpha value is -1.33. The quantitative estimate of drug-likeness (QED) is 0.858. The first-order chi connectivity index (χ1) is 12.6. The first kappa shape index (κ1) is 18.1. The summed E-state index contributed by atoms with van der Waals surface area (Å²) in [4.78, 5) is 21.4. The van der Waals surface area contributed by atoms with Crippen molar-refractivity contribution in [3.63, 3.8) is 0 Å². The van der Waals surface area contributed by atoms with Crippen LogP contribution in [0.15, 0.2) is 18.3 Å². The summed E-state index contributed by atoms with van der Waals surface area (Å²) in [5, 5.41) is 3.94. The van der Waals surface area contributed by atoms with Crippen LogP contribution in [0.4, 0.5) is 5.82 Å². The van der Waals surface area contributed by atoms with Gasteiger partial charge in [0.25, 0.3) is 0 Å². The monoisotopic (exact) mass is 376 g/mol. The lowest BCUT2D eigenvalue weighted by atomic mass is 9.84. The molecule has 26 heavy (non-hydrogen) atoms. The van der Waals surface area contributed by atoms with Crippen molar-refractivity contribution >= 4 is 23.3 Å². The van der Waals surface area contributed by atoms with Crippen molar-refractivity contribution in [2.45, 2.75) is 38.6 Å². The third-order valence-corrected chi connectivity index (χ3v) is 6.82. The molecule has 2 saturated carbocycles. The molecule has 0 radical (unpaired) electrons. The highest BCUT2D eigenvalue weighted by atomic mass is 35.5. The largest absolute Gasteiger partial charge is 0.354 e. The Kier molecular flexibility index (Phi) is 5.37. The molecular weight excluding hydrogens is 348 g/mol. The van der Waals surface area contributed by atoms with E-state index >= 15 is 0 Å². The minimum Gasteiger partial charge on any atom is -0.354 e.